The van der Waals surface area contributed by atoms with Crippen LogP contribution in [0.25, 0.3) is 0 Å². The Hall–Kier alpha value is -1.86. The standard InChI is InChI=1S/C15H17N3S/c1-10(2)15(13-5-4-6-19-13)18-14-8-12(9-16)7-11(3)17-14/h4-8,10,15H,1-3H3,(H,17,18). The SMILES string of the molecule is Cc1cc(C#N)cc(NC(c2cccs2)C(C)C)n1. The molecule has 0 fully saturated rings. The van der Waals surface area contributed by atoms with Crippen molar-refractivity contribution in [3.63, 3.8) is 0 Å². The average molecular weight is 271 g/mol. The van der Waals surface area contributed by atoms with Gasteiger partial charge in [0.15, 0.2) is 0 Å². The van der Waals surface area contributed by atoms with Crippen LogP contribution in [-0.4, -0.2) is 4.98 Å². The van der Waals surface area contributed by atoms with Crippen LogP contribution in [0.5, 0.6) is 0 Å². The maximum absolute atomic E-state index is 9.01. The van der Waals surface area contributed by atoms with Crippen LogP contribution in [0.2, 0.25) is 0 Å². The number of pyridine rings is 1. The summed E-state index contributed by atoms with van der Waals surface area (Å²) in [7, 11) is 0. The molecular formula is C15H17N3S. The number of nitrogens with one attached hydrogen (secondary N) is 1. The quantitative estimate of drug-likeness (QED) is 0.909. The van der Waals surface area contributed by atoms with E-state index in [-0.39, 0.29) is 6.04 Å². The summed E-state index contributed by atoms with van der Waals surface area (Å²) < 4.78 is 0. The Balaban J connectivity index is 2.28. The Morgan fingerprint density at radius 1 is 1.37 bits per heavy atom. The van der Waals surface area contributed by atoms with Gasteiger partial charge < -0.3 is 5.32 Å². The van der Waals surface area contributed by atoms with E-state index in [0.717, 1.165) is 11.5 Å². The Morgan fingerprint density at radius 2 is 2.16 bits per heavy atom. The summed E-state index contributed by atoms with van der Waals surface area (Å²) in [5.74, 6) is 1.22. The van der Waals surface area contributed by atoms with Crippen molar-refractivity contribution < 1.29 is 0 Å². The third kappa shape index (κ3) is 3.33. The normalized spacial score (nSPS) is 12.2. The zero-order chi connectivity index (χ0) is 13.8. The van der Waals surface area contributed by atoms with E-state index in [0.29, 0.717) is 11.5 Å². The molecule has 0 aliphatic rings. The van der Waals surface area contributed by atoms with Crippen LogP contribution in [0.4, 0.5) is 5.82 Å². The number of aryl methyl sites for hydroxylation is 1. The highest BCUT2D eigenvalue weighted by Gasteiger charge is 2.17. The van der Waals surface area contributed by atoms with E-state index >= 15 is 0 Å². The van der Waals surface area contributed by atoms with E-state index in [2.05, 4.69) is 47.7 Å². The molecule has 2 rings (SSSR count). The van der Waals surface area contributed by atoms with Crippen LogP contribution >= 0.6 is 11.3 Å². The number of thiophene rings is 1. The molecule has 2 aromatic rings. The van der Waals surface area contributed by atoms with E-state index < -0.39 is 0 Å². The first kappa shape index (κ1) is 13.6. The molecule has 0 aliphatic heterocycles. The molecule has 0 saturated heterocycles. The van der Waals surface area contributed by atoms with Gasteiger partial charge in [-0.25, -0.2) is 4.98 Å². The molecule has 0 bridgehead atoms. The lowest BCUT2D eigenvalue weighted by Crippen LogP contribution is -2.16. The van der Waals surface area contributed by atoms with Gasteiger partial charge in [-0.05, 0) is 36.4 Å². The summed E-state index contributed by atoms with van der Waals surface area (Å²) in [6.45, 7) is 6.26. The van der Waals surface area contributed by atoms with Crippen molar-refractivity contribution in [2.24, 2.45) is 5.92 Å². The number of hydrogen-bond donors (Lipinski definition) is 1. The van der Waals surface area contributed by atoms with Gasteiger partial charge in [0.05, 0.1) is 17.7 Å². The van der Waals surface area contributed by atoms with Gasteiger partial charge in [-0.1, -0.05) is 19.9 Å². The summed E-state index contributed by atoms with van der Waals surface area (Å²) in [4.78, 5) is 5.74. The molecular weight excluding hydrogens is 254 g/mol. The van der Waals surface area contributed by atoms with Crippen LogP contribution in [0.3, 0.4) is 0 Å². The van der Waals surface area contributed by atoms with Gasteiger partial charge in [-0.2, -0.15) is 5.26 Å². The molecule has 0 spiro atoms. The molecule has 1 unspecified atom stereocenters. The predicted octanol–water partition coefficient (Wildman–Crippen LogP) is 4.13. The van der Waals surface area contributed by atoms with Gasteiger partial charge in [0, 0.05) is 10.6 Å². The maximum Gasteiger partial charge on any atom is 0.128 e. The number of aromatic nitrogens is 1. The van der Waals surface area contributed by atoms with Crippen LogP contribution in [0.1, 0.15) is 36.0 Å². The van der Waals surface area contributed by atoms with Crippen LogP contribution in [0, 0.1) is 24.2 Å². The van der Waals surface area contributed by atoms with Crippen LogP contribution in [0.15, 0.2) is 29.6 Å². The first-order valence-corrected chi connectivity index (χ1v) is 7.17. The number of hydrogen-bond acceptors (Lipinski definition) is 4. The summed E-state index contributed by atoms with van der Waals surface area (Å²) in [6.07, 6.45) is 0. The molecule has 3 nitrogen and oxygen atoms in total. The topological polar surface area (TPSA) is 48.7 Å². The number of rotatable bonds is 4. The van der Waals surface area contributed by atoms with Crippen molar-refractivity contribution in [1.29, 1.82) is 5.26 Å². The molecule has 4 heteroatoms. The minimum atomic E-state index is 0.223. The molecule has 2 heterocycles. The summed E-state index contributed by atoms with van der Waals surface area (Å²) >= 11 is 1.74. The van der Waals surface area contributed by atoms with Crippen molar-refractivity contribution in [1.82, 2.24) is 4.98 Å². The highest BCUT2D eigenvalue weighted by atomic mass is 32.1. The summed E-state index contributed by atoms with van der Waals surface area (Å²) in [5, 5.41) is 14.5. The molecule has 19 heavy (non-hydrogen) atoms. The first-order valence-electron chi connectivity index (χ1n) is 6.29. The molecule has 2 aromatic heterocycles. The Labute approximate surface area is 117 Å². The fraction of sp³-hybridized carbons (Fsp3) is 0.333. The van der Waals surface area contributed by atoms with Crippen molar-refractivity contribution >= 4 is 17.2 Å². The van der Waals surface area contributed by atoms with Gasteiger partial charge in [-0.15, -0.1) is 11.3 Å². The second kappa shape index (κ2) is 5.85. The van der Waals surface area contributed by atoms with E-state index in [4.69, 9.17) is 5.26 Å². The largest absolute Gasteiger partial charge is 0.362 e. The van der Waals surface area contributed by atoms with Gasteiger partial charge in [0.25, 0.3) is 0 Å². The van der Waals surface area contributed by atoms with E-state index in [1.807, 2.05) is 6.92 Å². The molecule has 1 N–H and O–H groups in total. The fourth-order valence-corrected chi connectivity index (χ4v) is 2.95. The summed E-state index contributed by atoms with van der Waals surface area (Å²) in [6, 6.07) is 10.2. The molecule has 0 saturated carbocycles. The van der Waals surface area contributed by atoms with Gasteiger partial charge in [-0.3, -0.25) is 0 Å². The lowest BCUT2D eigenvalue weighted by Gasteiger charge is -2.22. The van der Waals surface area contributed by atoms with E-state index in [1.54, 1.807) is 23.5 Å². The van der Waals surface area contributed by atoms with Gasteiger partial charge in [0.2, 0.25) is 0 Å². The van der Waals surface area contributed by atoms with Crippen molar-refractivity contribution in [2.75, 3.05) is 5.32 Å². The van der Waals surface area contributed by atoms with E-state index in [9.17, 15) is 0 Å². The number of nitrogens with zero attached hydrogens (tertiary/aromatic N) is 2. The third-order valence-electron chi connectivity index (χ3n) is 2.90. The van der Waals surface area contributed by atoms with Crippen molar-refractivity contribution in [2.45, 2.75) is 26.8 Å². The Bertz CT molecular complexity index is 582. The highest BCUT2D eigenvalue weighted by molar-refractivity contribution is 7.10. The zero-order valence-corrected chi connectivity index (χ0v) is 12.2. The molecule has 0 amide bonds. The van der Waals surface area contributed by atoms with Crippen LogP contribution in [-0.2, 0) is 0 Å². The molecule has 1 atom stereocenters. The number of nitriles is 1. The minimum absolute atomic E-state index is 0.223. The predicted molar refractivity (Wildman–Crippen MR) is 79.2 cm³/mol. The molecule has 98 valence electrons. The molecule has 0 radical (unpaired) electrons. The smallest absolute Gasteiger partial charge is 0.128 e. The van der Waals surface area contributed by atoms with Gasteiger partial charge in [0.1, 0.15) is 5.82 Å². The Kier molecular flexibility index (Phi) is 4.18. The summed E-state index contributed by atoms with van der Waals surface area (Å²) in [5.41, 5.74) is 1.50. The molecule has 0 aromatic carbocycles. The zero-order valence-electron chi connectivity index (χ0n) is 11.3. The monoisotopic (exact) mass is 271 g/mol. The van der Waals surface area contributed by atoms with E-state index in [1.165, 1.54) is 4.88 Å². The second-order valence-electron chi connectivity index (χ2n) is 4.88. The van der Waals surface area contributed by atoms with Crippen molar-refractivity contribution in [3.05, 3.63) is 45.8 Å². The van der Waals surface area contributed by atoms with Gasteiger partial charge >= 0.3 is 0 Å². The minimum Gasteiger partial charge on any atom is -0.362 e. The second-order valence-corrected chi connectivity index (χ2v) is 5.85. The Morgan fingerprint density at radius 3 is 2.74 bits per heavy atom. The van der Waals surface area contributed by atoms with Crippen LogP contribution < -0.4 is 5.32 Å². The first-order chi connectivity index (χ1) is 9.10. The third-order valence-corrected chi connectivity index (χ3v) is 3.86. The lowest BCUT2D eigenvalue weighted by molar-refractivity contribution is 0.552. The maximum atomic E-state index is 9.01. The molecule has 0 aliphatic carbocycles. The average Bonchev–Trinajstić information content (AvgIpc) is 2.88. The fourth-order valence-electron chi connectivity index (χ4n) is 2.00. The van der Waals surface area contributed by atoms with Crippen molar-refractivity contribution in [3.8, 4) is 6.07 Å². The highest BCUT2D eigenvalue weighted by Crippen LogP contribution is 2.29. The lowest BCUT2D eigenvalue weighted by atomic mass is 10.0. The number of anilines is 1.